The van der Waals surface area contributed by atoms with E-state index in [1.54, 1.807) is 27.9 Å². The first kappa shape index (κ1) is 29.2. The second kappa shape index (κ2) is 11.4. The van der Waals surface area contributed by atoms with Crippen LogP contribution in [0.15, 0.2) is 36.7 Å². The third kappa shape index (κ3) is 6.68. The van der Waals surface area contributed by atoms with Crippen molar-refractivity contribution in [2.75, 3.05) is 27.3 Å². The van der Waals surface area contributed by atoms with E-state index >= 15 is 0 Å². The van der Waals surface area contributed by atoms with Gasteiger partial charge in [0, 0.05) is 37.6 Å². The molecule has 1 unspecified atom stereocenters. The lowest BCUT2D eigenvalue weighted by Gasteiger charge is -2.34. The number of alkyl halides is 3. The van der Waals surface area contributed by atoms with E-state index in [1.807, 2.05) is 39.0 Å². The van der Waals surface area contributed by atoms with Crippen LogP contribution in [0.25, 0.3) is 16.7 Å². The Labute approximate surface area is 231 Å². The van der Waals surface area contributed by atoms with Gasteiger partial charge in [-0.2, -0.15) is 13.2 Å². The highest BCUT2D eigenvalue weighted by Gasteiger charge is 2.31. The monoisotopic (exact) mass is 561 g/mol. The lowest BCUT2D eigenvalue weighted by atomic mass is 9.90. The third-order valence-electron chi connectivity index (χ3n) is 6.80. The number of benzene rings is 2. The summed E-state index contributed by atoms with van der Waals surface area (Å²) in [5.74, 6) is -0.350. The van der Waals surface area contributed by atoms with Crippen molar-refractivity contribution in [3.05, 3.63) is 47.8 Å². The first-order chi connectivity index (χ1) is 18.8. The predicted molar refractivity (Wildman–Crippen MR) is 144 cm³/mol. The largest absolute Gasteiger partial charge is 0.496 e. The number of imidazole rings is 1. The number of ether oxygens (including phenoxy) is 3. The quantitative estimate of drug-likeness (QED) is 0.299. The molecule has 1 aromatic heterocycles. The van der Waals surface area contributed by atoms with Crippen LogP contribution in [-0.4, -0.2) is 65.4 Å². The first-order valence-electron chi connectivity index (χ1n) is 13.1. The molecular weight excluding hydrogens is 527 g/mol. The molecule has 0 radical (unpaired) electrons. The molecule has 0 bridgehead atoms. The molecule has 0 N–H and O–H groups in total. The van der Waals surface area contributed by atoms with E-state index in [0.29, 0.717) is 18.8 Å². The number of carbonyl (C=O) groups excluding carboxylic acids is 2. The number of likely N-dealkylation sites (tertiary alicyclic amines) is 1. The normalized spacial score (nSPS) is 16.2. The molecule has 1 saturated heterocycles. The Kier molecular flexibility index (Phi) is 8.32. The number of carbonyl (C=O) groups is 2. The second-order valence-corrected chi connectivity index (χ2v) is 10.9. The average molecular weight is 562 g/mol. The van der Waals surface area contributed by atoms with E-state index in [-0.39, 0.29) is 29.1 Å². The predicted octanol–water partition coefficient (Wildman–Crippen LogP) is 6.68. The van der Waals surface area contributed by atoms with Crippen molar-refractivity contribution in [3.8, 4) is 17.2 Å². The van der Waals surface area contributed by atoms with Gasteiger partial charge in [0.1, 0.15) is 29.0 Å². The maximum Gasteiger partial charge on any atom is 0.410 e. The topological polar surface area (TPSA) is 82.9 Å². The molecule has 8 nitrogen and oxygen atoms in total. The summed E-state index contributed by atoms with van der Waals surface area (Å²) in [6.07, 6.45) is -3.28. The number of amides is 1. The molecule has 2 heterocycles. The van der Waals surface area contributed by atoms with Gasteiger partial charge in [-0.15, -0.1) is 0 Å². The molecule has 0 spiro atoms. The van der Waals surface area contributed by atoms with Crippen LogP contribution < -0.4 is 9.47 Å². The highest BCUT2D eigenvalue weighted by Crippen LogP contribution is 2.36. The summed E-state index contributed by atoms with van der Waals surface area (Å²) in [6, 6.07) is 9.10. The van der Waals surface area contributed by atoms with Gasteiger partial charge in [0.05, 0.1) is 37.4 Å². The van der Waals surface area contributed by atoms with Gasteiger partial charge >= 0.3 is 12.3 Å². The van der Waals surface area contributed by atoms with Crippen molar-refractivity contribution >= 4 is 22.9 Å². The van der Waals surface area contributed by atoms with Crippen LogP contribution in [0.2, 0.25) is 0 Å². The number of hydrogen-bond donors (Lipinski definition) is 0. The maximum absolute atomic E-state index is 12.7. The van der Waals surface area contributed by atoms with Gasteiger partial charge < -0.3 is 19.1 Å². The number of rotatable bonds is 7. The average Bonchev–Trinajstić information content (AvgIpc) is 3.33. The zero-order valence-electron chi connectivity index (χ0n) is 23.3. The number of nitrogens with zero attached hydrogens (tertiary/aromatic N) is 3. The smallest absolute Gasteiger partial charge is 0.410 e. The van der Waals surface area contributed by atoms with Crippen LogP contribution in [0.5, 0.6) is 11.5 Å². The van der Waals surface area contributed by atoms with E-state index in [0.717, 1.165) is 29.4 Å². The molecule has 1 amide bonds. The fourth-order valence-electron chi connectivity index (χ4n) is 4.92. The number of aromatic nitrogens is 2. The molecule has 1 aliphatic heterocycles. The molecule has 1 atom stereocenters. The number of piperidine rings is 1. The van der Waals surface area contributed by atoms with Gasteiger partial charge in [-0.05, 0) is 51.3 Å². The van der Waals surface area contributed by atoms with Crippen LogP contribution in [0.1, 0.15) is 68.3 Å². The van der Waals surface area contributed by atoms with Gasteiger partial charge in [-0.1, -0.05) is 6.07 Å². The fraction of sp³-hybridized carbons (Fsp3) is 0.483. The van der Waals surface area contributed by atoms with Crippen molar-refractivity contribution in [2.45, 2.75) is 64.1 Å². The minimum atomic E-state index is -4.45. The lowest BCUT2D eigenvalue weighted by molar-refractivity contribution is -0.133. The number of Topliss-reactive ketones (excluding diaryl/α,β-unsaturated/α-hetero) is 1. The van der Waals surface area contributed by atoms with Crippen molar-refractivity contribution in [1.29, 1.82) is 0 Å². The lowest BCUT2D eigenvalue weighted by Crippen LogP contribution is -2.42. The molecule has 11 heteroatoms. The Balaban J connectivity index is 1.61. The van der Waals surface area contributed by atoms with Gasteiger partial charge in [-0.25, -0.2) is 9.78 Å². The fourth-order valence-corrected chi connectivity index (χ4v) is 4.92. The number of methoxy groups -OCH3 is 2. The Morgan fingerprint density at radius 1 is 1.05 bits per heavy atom. The highest BCUT2D eigenvalue weighted by atomic mass is 19.4. The number of ketones is 1. The summed E-state index contributed by atoms with van der Waals surface area (Å²) in [6.45, 7) is 6.75. The molecule has 3 aromatic rings. The van der Waals surface area contributed by atoms with Gasteiger partial charge in [0.15, 0.2) is 5.78 Å². The van der Waals surface area contributed by atoms with Crippen molar-refractivity contribution in [1.82, 2.24) is 14.5 Å². The maximum atomic E-state index is 12.7. The molecular formula is C29H34F3N3O5. The third-order valence-corrected chi connectivity index (χ3v) is 6.80. The van der Waals surface area contributed by atoms with E-state index in [2.05, 4.69) is 4.98 Å². The summed E-state index contributed by atoms with van der Waals surface area (Å²) in [5, 5.41) is 0. The number of halogens is 3. The SMILES string of the molecule is COc1cc(-n2cnc3cc(C4CCCN(C(=O)OC(C)(C)C)C4)ccc32)cc(OC)c1C(=O)CCC(F)(F)F. The van der Waals surface area contributed by atoms with E-state index in [1.165, 1.54) is 14.2 Å². The molecule has 40 heavy (non-hydrogen) atoms. The Morgan fingerprint density at radius 3 is 2.33 bits per heavy atom. The van der Waals surface area contributed by atoms with Crippen molar-refractivity contribution in [3.63, 3.8) is 0 Å². The molecule has 1 fully saturated rings. The minimum absolute atomic E-state index is 0.0310. The van der Waals surface area contributed by atoms with Gasteiger partial charge in [0.25, 0.3) is 0 Å². The van der Waals surface area contributed by atoms with Crippen molar-refractivity contribution < 1.29 is 37.0 Å². The summed E-state index contributed by atoms with van der Waals surface area (Å²) in [4.78, 5) is 31.6. The van der Waals surface area contributed by atoms with Crippen molar-refractivity contribution in [2.24, 2.45) is 0 Å². The van der Waals surface area contributed by atoms with Gasteiger partial charge in [-0.3, -0.25) is 9.36 Å². The van der Waals surface area contributed by atoms with Crippen LogP contribution in [0.3, 0.4) is 0 Å². The molecule has 4 rings (SSSR count). The van der Waals surface area contributed by atoms with E-state index < -0.39 is 30.4 Å². The second-order valence-electron chi connectivity index (χ2n) is 10.9. The number of hydrogen-bond acceptors (Lipinski definition) is 6. The van der Waals surface area contributed by atoms with Crippen LogP contribution in [0.4, 0.5) is 18.0 Å². The molecule has 216 valence electrons. The van der Waals surface area contributed by atoms with E-state index in [9.17, 15) is 22.8 Å². The molecule has 1 aliphatic rings. The van der Waals surface area contributed by atoms with Gasteiger partial charge in [0.2, 0.25) is 0 Å². The Morgan fingerprint density at radius 2 is 1.73 bits per heavy atom. The summed E-state index contributed by atoms with van der Waals surface area (Å²) >= 11 is 0. The van der Waals surface area contributed by atoms with E-state index in [4.69, 9.17) is 14.2 Å². The zero-order chi connectivity index (χ0) is 29.2. The summed E-state index contributed by atoms with van der Waals surface area (Å²) in [7, 11) is 2.70. The Bertz CT molecular complexity index is 1370. The first-order valence-corrected chi connectivity index (χ1v) is 13.1. The van der Waals surface area contributed by atoms with Crippen LogP contribution in [0, 0.1) is 0 Å². The molecule has 0 saturated carbocycles. The standard InChI is InChI=1S/C29H34F3N3O5/c1-28(2,3)40-27(37)34-12-6-7-19(16-34)18-8-9-22-21(13-18)33-17-35(22)20-14-24(38-4)26(25(15-20)39-5)23(36)10-11-29(30,31)32/h8-9,13-15,17,19H,6-7,10-12,16H2,1-5H3. The Hall–Kier alpha value is -3.76. The molecule has 2 aromatic carbocycles. The summed E-state index contributed by atoms with van der Waals surface area (Å²) in [5.41, 5.74) is 2.56. The number of fused-ring (bicyclic) bond motifs is 1. The highest BCUT2D eigenvalue weighted by molar-refractivity contribution is 6.02. The minimum Gasteiger partial charge on any atom is -0.496 e. The zero-order valence-corrected chi connectivity index (χ0v) is 23.3. The van der Waals surface area contributed by atoms with Crippen LogP contribution in [-0.2, 0) is 4.74 Å². The summed E-state index contributed by atoms with van der Waals surface area (Å²) < 4.78 is 56.3. The molecule has 0 aliphatic carbocycles. The van der Waals surface area contributed by atoms with Crippen LogP contribution >= 0.6 is 0 Å².